The molecule has 0 radical (unpaired) electrons. The zero-order chi connectivity index (χ0) is 12.9. The first kappa shape index (κ1) is 11.9. The van der Waals surface area contributed by atoms with E-state index in [1.54, 1.807) is 12.1 Å². The summed E-state index contributed by atoms with van der Waals surface area (Å²) >= 11 is 0. The van der Waals surface area contributed by atoms with Crippen molar-refractivity contribution in [1.82, 2.24) is 0 Å². The minimum atomic E-state index is 0.294. The monoisotopic (exact) mass is 246 g/mol. The molecule has 1 N–H and O–H groups in total. The summed E-state index contributed by atoms with van der Waals surface area (Å²) in [7, 11) is 0. The number of phenols is 1. The number of rotatable bonds is 2. The lowest BCUT2D eigenvalue weighted by Crippen LogP contribution is -2.57. The summed E-state index contributed by atoms with van der Waals surface area (Å²) in [5.74, 6) is 3.42. The van der Waals surface area contributed by atoms with Gasteiger partial charge in [0.15, 0.2) is 0 Å². The Hall–Kier alpha value is -1.18. The molecule has 0 heterocycles. The summed E-state index contributed by atoms with van der Waals surface area (Å²) in [6.45, 7) is 7.13. The Morgan fingerprint density at radius 3 is 2.39 bits per heavy atom. The maximum atomic E-state index is 9.28. The summed E-state index contributed by atoms with van der Waals surface area (Å²) < 4.78 is 6.11. The molecule has 1 aromatic rings. The predicted octanol–water partition coefficient (Wildman–Crippen LogP) is 3.84. The van der Waals surface area contributed by atoms with E-state index in [1.807, 2.05) is 12.1 Å². The third kappa shape index (κ3) is 1.70. The Kier molecular flexibility index (Phi) is 2.58. The first-order valence-electron chi connectivity index (χ1n) is 6.94. The summed E-state index contributed by atoms with van der Waals surface area (Å²) in [4.78, 5) is 0. The van der Waals surface area contributed by atoms with Crippen LogP contribution in [0.1, 0.15) is 33.6 Å². The SMILES string of the molecule is C[C@@H]1[C@@H](Oc2ccc(O)cc2)C[C@H]2C[C@@H]1C2(C)C. The molecule has 4 rings (SSSR count). The van der Waals surface area contributed by atoms with Crippen LogP contribution in [0.2, 0.25) is 0 Å². The van der Waals surface area contributed by atoms with E-state index < -0.39 is 0 Å². The molecule has 0 saturated heterocycles. The number of hydrogen-bond donors (Lipinski definition) is 1. The Bertz CT molecular complexity index is 435. The van der Waals surface area contributed by atoms with Crippen molar-refractivity contribution in [2.45, 2.75) is 39.7 Å². The van der Waals surface area contributed by atoms with Crippen LogP contribution in [0.4, 0.5) is 0 Å². The number of aromatic hydroxyl groups is 1. The van der Waals surface area contributed by atoms with Crippen LogP contribution in [0, 0.1) is 23.2 Å². The number of fused-ring (bicyclic) bond motifs is 2. The fourth-order valence-electron chi connectivity index (χ4n) is 3.96. The molecule has 0 spiro atoms. The van der Waals surface area contributed by atoms with Crippen molar-refractivity contribution in [2.75, 3.05) is 0 Å². The first-order chi connectivity index (χ1) is 8.48. The van der Waals surface area contributed by atoms with E-state index in [-0.39, 0.29) is 0 Å². The Balaban J connectivity index is 1.70. The highest BCUT2D eigenvalue weighted by molar-refractivity contribution is 5.30. The van der Waals surface area contributed by atoms with Gasteiger partial charge in [-0.2, -0.15) is 0 Å². The first-order valence-corrected chi connectivity index (χ1v) is 6.94. The third-order valence-electron chi connectivity index (χ3n) is 5.41. The Morgan fingerprint density at radius 2 is 1.83 bits per heavy atom. The maximum absolute atomic E-state index is 9.28. The normalized spacial score (nSPS) is 36.8. The van der Waals surface area contributed by atoms with Crippen molar-refractivity contribution >= 4 is 0 Å². The topological polar surface area (TPSA) is 29.5 Å². The molecule has 2 nitrogen and oxygen atoms in total. The van der Waals surface area contributed by atoms with E-state index in [1.165, 1.54) is 12.8 Å². The standard InChI is InChI=1S/C16H22O2/c1-10-14-8-11(16(14,2)3)9-15(10)18-13-6-4-12(17)5-7-13/h4-7,10-11,14-15,17H,8-9H2,1-3H3/t10-,11+,14-,15-/m0/s1. The third-order valence-corrected chi connectivity index (χ3v) is 5.41. The molecule has 0 unspecified atom stereocenters. The minimum absolute atomic E-state index is 0.294. The van der Waals surface area contributed by atoms with Crippen LogP contribution in [-0.2, 0) is 0 Å². The predicted molar refractivity (Wildman–Crippen MR) is 71.7 cm³/mol. The number of hydrogen-bond acceptors (Lipinski definition) is 2. The molecule has 98 valence electrons. The van der Waals surface area contributed by atoms with Gasteiger partial charge < -0.3 is 9.84 Å². The highest BCUT2D eigenvalue weighted by atomic mass is 16.5. The highest BCUT2D eigenvalue weighted by Crippen LogP contribution is 2.61. The van der Waals surface area contributed by atoms with Gasteiger partial charge in [-0.1, -0.05) is 20.8 Å². The van der Waals surface area contributed by atoms with Gasteiger partial charge in [0.2, 0.25) is 0 Å². The fourth-order valence-corrected chi connectivity index (χ4v) is 3.96. The van der Waals surface area contributed by atoms with Crippen LogP contribution in [0.5, 0.6) is 11.5 Å². The quantitative estimate of drug-likeness (QED) is 0.859. The van der Waals surface area contributed by atoms with Gasteiger partial charge in [0.05, 0.1) is 0 Å². The average Bonchev–Trinajstić information content (AvgIpc) is 2.33. The molecule has 0 aromatic heterocycles. The van der Waals surface area contributed by atoms with Gasteiger partial charge in [0.25, 0.3) is 0 Å². The second-order valence-corrected chi connectivity index (χ2v) is 6.61. The van der Waals surface area contributed by atoms with Crippen molar-refractivity contribution in [3.8, 4) is 11.5 Å². The van der Waals surface area contributed by atoms with Gasteiger partial charge in [-0.15, -0.1) is 0 Å². The second-order valence-electron chi connectivity index (χ2n) is 6.61. The van der Waals surface area contributed by atoms with Gasteiger partial charge in [-0.05, 0) is 60.3 Å². The van der Waals surface area contributed by atoms with E-state index in [2.05, 4.69) is 20.8 Å². The minimum Gasteiger partial charge on any atom is -0.508 e. The number of phenolic OH excluding ortho intramolecular Hbond substituents is 1. The largest absolute Gasteiger partial charge is 0.508 e. The van der Waals surface area contributed by atoms with Crippen molar-refractivity contribution in [2.24, 2.45) is 23.2 Å². The summed E-state index contributed by atoms with van der Waals surface area (Å²) in [6.07, 6.45) is 2.89. The average molecular weight is 246 g/mol. The van der Waals surface area contributed by atoms with Crippen molar-refractivity contribution in [1.29, 1.82) is 0 Å². The van der Waals surface area contributed by atoms with Crippen LogP contribution >= 0.6 is 0 Å². The molecule has 18 heavy (non-hydrogen) atoms. The van der Waals surface area contributed by atoms with Crippen molar-refractivity contribution < 1.29 is 9.84 Å². The van der Waals surface area contributed by atoms with Gasteiger partial charge in [-0.3, -0.25) is 0 Å². The van der Waals surface area contributed by atoms with Crippen molar-refractivity contribution in [3.63, 3.8) is 0 Å². The smallest absolute Gasteiger partial charge is 0.120 e. The maximum Gasteiger partial charge on any atom is 0.120 e. The lowest BCUT2D eigenvalue weighted by atomic mass is 9.45. The number of benzene rings is 1. The van der Waals surface area contributed by atoms with Gasteiger partial charge in [-0.25, -0.2) is 0 Å². The molecule has 3 aliphatic carbocycles. The molecule has 3 aliphatic rings. The second kappa shape index (κ2) is 3.91. The molecular formula is C16H22O2. The van der Waals surface area contributed by atoms with E-state index >= 15 is 0 Å². The van der Waals surface area contributed by atoms with Crippen LogP contribution in [-0.4, -0.2) is 11.2 Å². The van der Waals surface area contributed by atoms with Gasteiger partial charge in [0, 0.05) is 0 Å². The highest BCUT2D eigenvalue weighted by Gasteiger charge is 2.56. The van der Waals surface area contributed by atoms with Crippen LogP contribution in [0.25, 0.3) is 0 Å². The Labute approximate surface area is 109 Å². The van der Waals surface area contributed by atoms with Crippen LogP contribution < -0.4 is 4.74 Å². The summed E-state index contributed by atoms with van der Waals surface area (Å²) in [5.41, 5.74) is 0.508. The molecule has 0 aliphatic heterocycles. The van der Waals surface area contributed by atoms with Crippen LogP contribution in [0.3, 0.4) is 0 Å². The lowest BCUT2D eigenvalue weighted by Gasteiger charge is -2.61. The van der Waals surface area contributed by atoms with E-state index in [0.717, 1.165) is 17.6 Å². The Morgan fingerprint density at radius 1 is 1.17 bits per heavy atom. The van der Waals surface area contributed by atoms with Gasteiger partial charge in [0.1, 0.15) is 17.6 Å². The molecule has 3 fully saturated rings. The van der Waals surface area contributed by atoms with Crippen LogP contribution in [0.15, 0.2) is 24.3 Å². The molecule has 3 saturated carbocycles. The molecule has 0 amide bonds. The van der Waals surface area contributed by atoms with E-state index in [4.69, 9.17) is 4.74 Å². The zero-order valence-electron chi connectivity index (χ0n) is 11.4. The van der Waals surface area contributed by atoms with E-state index in [9.17, 15) is 5.11 Å². The van der Waals surface area contributed by atoms with E-state index in [0.29, 0.717) is 23.2 Å². The van der Waals surface area contributed by atoms with Gasteiger partial charge >= 0.3 is 0 Å². The molecular weight excluding hydrogens is 224 g/mol. The van der Waals surface area contributed by atoms with Crippen molar-refractivity contribution in [3.05, 3.63) is 24.3 Å². The molecule has 1 aromatic carbocycles. The summed E-state index contributed by atoms with van der Waals surface area (Å²) in [6, 6.07) is 7.09. The molecule has 2 bridgehead atoms. The lowest BCUT2D eigenvalue weighted by molar-refractivity contribution is -0.147. The molecule has 4 atom stereocenters. The molecule has 2 heteroatoms. The number of ether oxygens (including phenoxy) is 1. The summed E-state index contributed by atoms with van der Waals surface area (Å²) in [5, 5.41) is 9.28. The zero-order valence-corrected chi connectivity index (χ0v) is 11.4. The fraction of sp³-hybridized carbons (Fsp3) is 0.625.